The van der Waals surface area contributed by atoms with Gasteiger partial charge in [0.15, 0.2) is 0 Å². The molecule has 1 unspecified atom stereocenters. The van der Waals surface area contributed by atoms with Crippen LogP contribution >= 0.6 is 0 Å². The number of hydrogen-bond acceptors (Lipinski definition) is 4. The summed E-state index contributed by atoms with van der Waals surface area (Å²) in [6, 6.07) is 9.34. The number of methoxy groups -OCH3 is 2. The first-order valence-electron chi connectivity index (χ1n) is 8.57. The van der Waals surface area contributed by atoms with E-state index < -0.39 is 11.5 Å². The zero-order chi connectivity index (χ0) is 20.2. The number of rotatable bonds is 8. The third kappa shape index (κ3) is 4.68. The van der Waals surface area contributed by atoms with Crippen molar-refractivity contribution in [3.05, 3.63) is 47.3 Å². The second kappa shape index (κ2) is 8.26. The quantitative estimate of drug-likeness (QED) is 0.741. The van der Waals surface area contributed by atoms with Crippen molar-refractivity contribution in [1.82, 2.24) is 9.88 Å². The number of carbonyl (C=O) groups excluding carboxylic acids is 1. The fourth-order valence-electron chi connectivity index (χ4n) is 3.25. The minimum atomic E-state index is -1.00. The molecule has 0 radical (unpaired) electrons. The lowest BCUT2D eigenvalue weighted by molar-refractivity contribution is -0.139. The number of carboxylic acid groups (broad SMARTS) is 1. The summed E-state index contributed by atoms with van der Waals surface area (Å²) in [5, 5.41) is 11.9. The van der Waals surface area contributed by atoms with Gasteiger partial charge >= 0.3 is 5.97 Å². The highest BCUT2D eigenvalue weighted by Gasteiger charge is 2.31. The minimum Gasteiger partial charge on any atom is -0.497 e. The van der Waals surface area contributed by atoms with Crippen molar-refractivity contribution in [3.63, 3.8) is 0 Å². The molecule has 7 nitrogen and oxygen atoms in total. The Kier molecular flexibility index (Phi) is 6.28. The molecule has 0 aliphatic rings. The summed E-state index contributed by atoms with van der Waals surface area (Å²) in [6.07, 6.45) is -0.232. The van der Waals surface area contributed by atoms with E-state index in [1.165, 1.54) is 7.11 Å². The van der Waals surface area contributed by atoms with Gasteiger partial charge in [-0.05, 0) is 51.1 Å². The maximum atomic E-state index is 12.8. The van der Waals surface area contributed by atoms with Crippen molar-refractivity contribution in [2.75, 3.05) is 20.8 Å². The van der Waals surface area contributed by atoms with Crippen LogP contribution in [-0.2, 0) is 9.53 Å². The van der Waals surface area contributed by atoms with E-state index in [1.54, 1.807) is 20.1 Å². The van der Waals surface area contributed by atoms with E-state index in [0.717, 1.165) is 22.8 Å². The van der Waals surface area contributed by atoms with E-state index in [1.807, 2.05) is 42.7 Å². The number of amides is 1. The SMILES string of the molecule is COCC(C)(CC(=O)O)NC(=O)c1cc(C)n(-c2ccc(OC)cc2)c1C. The maximum absolute atomic E-state index is 12.8. The molecule has 0 fully saturated rings. The molecule has 0 spiro atoms. The van der Waals surface area contributed by atoms with Crippen LogP contribution in [-0.4, -0.2) is 47.9 Å². The van der Waals surface area contributed by atoms with Crippen LogP contribution in [0.1, 0.15) is 35.1 Å². The number of nitrogens with one attached hydrogen (secondary N) is 1. The van der Waals surface area contributed by atoms with Crippen LogP contribution in [0.3, 0.4) is 0 Å². The molecule has 2 N–H and O–H groups in total. The van der Waals surface area contributed by atoms with Crippen molar-refractivity contribution in [2.24, 2.45) is 0 Å². The molecule has 146 valence electrons. The molecule has 0 saturated heterocycles. The zero-order valence-corrected chi connectivity index (χ0v) is 16.3. The summed E-state index contributed by atoms with van der Waals surface area (Å²) in [4.78, 5) is 24.0. The smallest absolute Gasteiger partial charge is 0.305 e. The first kappa shape index (κ1) is 20.5. The topological polar surface area (TPSA) is 89.8 Å². The Labute approximate surface area is 158 Å². The average Bonchev–Trinajstić information content (AvgIpc) is 2.89. The van der Waals surface area contributed by atoms with Gasteiger partial charge in [-0.3, -0.25) is 9.59 Å². The molecule has 0 aliphatic heterocycles. The van der Waals surface area contributed by atoms with Crippen molar-refractivity contribution < 1.29 is 24.2 Å². The van der Waals surface area contributed by atoms with E-state index >= 15 is 0 Å². The number of carbonyl (C=O) groups is 2. The van der Waals surface area contributed by atoms with Gasteiger partial charge < -0.3 is 24.5 Å². The number of nitrogens with zero attached hydrogens (tertiary/aromatic N) is 1. The Morgan fingerprint density at radius 3 is 2.33 bits per heavy atom. The number of ether oxygens (including phenoxy) is 2. The van der Waals surface area contributed by atoms with Gasteiger partial charge in [-0.15, -0.1) is 0 Å². The number of aromatic nitrogens is 1. The molecule has 0 bridgehead atoms. The molecule has 0 aliphatic carbocycles. The Morgan fingerprint density at radius 2 is 1.81 bits per heavy atom. The second-order valence-electron chi connectivity index (χ2n) is 6.84. The first-order valence-corrected chi connectivity index (χ1v) is 8.57. The Morgan fingerprint density at radius 1 is 1.19 bits per heavy atom. The van der Waals surface area contributed by atoms with Gasteiger partial charge in [-0.25, -0.2) is 0 Å². The van der Waals surface area contributed by atoms with E-state index in [0.29, 0.717) is 5.56 Å². The first-order chi connectivity index (χ1) is 12.7. The predicted molar refractivity (Wildman–Crippen MR) is 102 cm³/mol. The minimum absolute atomic E-state index is 0.0995. The van der Waals surface area contributed by atoms with E-state index in [2.05, 4.69) is 5.32 Å². The molecule has 1 amide bonds. The van der Waals surface area contributed by atoms with Gasteiger partial charge in [0.1, 0.15) is 5.75 Å². The van der Waals surface area contributed by atoms with E-state index in [-0.39, 0.29) is 18.9 Å². The number of aliphatic carboxylic acids is 1. The standard InChI is InChI=1S/C20H26N2O5/c1-13-10-17(19(25)21-20(3,12-26-4)11-18(23)24)14(2)22(13)15-6-8-16(27-5)9-7-15/h6-10H,11-12H2,1-5H3,(H,21,25)(H,23,24). The maximum Gasteiger partial charge on any atom is 0.305 e. The van der Waals surface area contributed by atoms with Crippen molar-refractivity contribution in [1.29, 1.82) is 0 Å². The average molecular weight is 374 g/mol. The summed E-state index contributed by atoms with van der Waals surface area (Å²) >= 11 is 0. The molecule has 1 atom stereocenters. The number of hydrogen-bond donors (Lipinski definition) is 2. The summed E-state index contributed by atoms with van der Waals surface area (Å²) in [6.45, 7) is 5.53. The molecule has 2 rings (SSSR count). The van der Waals surface area contributed by atoms with E-state index in [9.17, 15) is 9.59 Å². The van der Waals surface area contributed by atoms with Gasteiger partial charge in [-0.1, -0.05) is 0 Å². The normalized spacial score (nSPS) is 13.1. The predicted octanol–water partition coefficient (Wildman–Crippen LogP) is 2.71. The largest absolute Gasteiger partial charge is 0.497 e. The third-order valence-electron chi connectivity index (χ3n) is 4.43. The van der Waals surface area contributed by atoms with Gasteiger partial charge in [0.05, 0.1) is 31.2 Å². The molecule has 2 aromatic rings. The van der Waals surface area contributed by atoms with Crippen LogP contribution in [0.4, 0.5) is 0 Å². The summed E-state index contributed by atoms with van der Waals surface area (Å²) in [5.41, 5.74) is 2.08. The van der Waals surface area contributed by atoms with Gasteiger partial charge in [0.25, 0.3) is 5.91 Å². The molecule has 1 aromatic heterocycles. The molecule has 7 heteroatoms. The Bertz CT molecular complexity index is 826. The molecular weight excluding hydrogens is 348 g/mol. The van der Waals surface area contributed by atoms with Crippen LogP contribution in [0, 0.1) is 13.8 Å². The molecular formula is C20H26N2O5. The second-order valence-corrected chi connectivity index (χ2v) is 6.84. The molecule has 27 heavy (non-hydrogen) atoms. The fourth-order valence-corrected chi connectivity index (χ4v) is 3.25. The van der Waals surface area contributed by atoms with Gasteiger partial charge in [0.2, 0.25) is 0 Å². The number of aryl methyl sites for hydroxylation is 1. The van der Waals surface area contributed by atoms with Crippen LogP contribution in [0.25, 0.3) is 5.69 Å². The van der Waals surface area contributed by atoms with Crippen LogP contribution in [0.15, 0.2) is 30.3 Å². The summed E-state index contributed by atoms with van der Waals surface area (Å²) < 4.78 is 12.3. The van der Waals surface area contributed by atoms with Gasteiger partial charge in [0, 0.05) is 24.2 Å². The van der Waals surface area contributed by atoms with Crippen molar-refractivity contribution >= 4 is 11.9 Å². The van der Waals surface area contributed by atoms with Crippen molar-refractivity contribution in [2.45, 2.75) is 32.7 Å². The van der Waals surface area contributed by atoms with Crippen molar-refractivity contribution in [3.8, 4) is 11.4 Å². The highest BCUT2D eigenvalue weighted by Crippen LogP contribution is 2.23. The number of carboxylic acids is 1. The molecule has 1 aromatic carbocycles. The molecule has 1 heterocycles. The lowest BCUT2D eigenvalue weighted by Crippen LogP contribution is -2.50. The monoisotopic (exact) mass is 374 g/mol. The third-order valence-corrected chi connectivity index (χ3v) is 4.43. The van der Waals surface area contributed by atoms with Crippen LogP contribution < -0.4 is 10.1 Å². The van der Waals surface area contributed by atoms with E-state index in [4.69, 9.17) is 14.6 Å². The summed E-state index contributed by atoms with van der Waals surface area (Å²) in [5.74, 6) is -0.578. The Hall–Kier alpha value is -2.80. The fraction of sp³-hybridized carbons (Fsp3) is 0.400. The summed E-state index contributed by atoms with van der Waals surface area (Å²) in [7, 11) is 3.08. The lowest BCUT2D eigenvalue weighted by Gasteiger charge is -2.28. The molecule has 0 saturated carbocycles. The Balaban J connectivity index is 2.33. The highest BCUT2D eigenvalue weighted by molar-refractivity contribution is 5.96. The van der Waals surface area contributed by atoms with Crippen LogP contribution in [0.2, 0.25) is 0 Å². The van der Waals surface area contributed by atoms with Crippen LogP contribution in [0.5, 0.6) is 5.75 Å². The lowest BCUT2D eigenvalue weighted by atomic mass is 9.98. The van der Waals surface area contributed by atoms with Gasteiger partial charge in [-0.2, -0.15) is 0 Å². The number of benzene rings is 1. The zero-order valence-electron chi connectivity index (χ0n) is 16.3. The highest BCUT2D eigenvalue weighted by atomic mass is 16.5.